The minimum absolute atomic E-state index is 0.000878. The highest BCUT2D eigenvalue weighted by molar-refractivity contribution is 7.09. The van der Waals surface area contributed by atoms with E-state index in [1.807, 2.05) is 29.6 Å². The highest BCUT2D eigenvalue weighted by Crippen LogP contribution is 2.40. The average Bonchev–Trinajstić information content (AvgIpc) is 3.38. The second-order valence-corrected chi connectivity index (χ2v) is 8.04. The van der Waals surface area contributed by atoms with Crippen LogP contribution in [-0.2, 0) is 25.6 Å². The third-order valence-corrected chi connectivity index (χ3v) is 6.00. The van der Waals surface area contributed by atoms with Crippen LogP contribution in [0.3, 0.4) is 0 Å². The molecular weight excluding hydrogens is 413 g/mol. The van der Waals surface area contributed by atoms with Crippen molar-refractivity contribution in [3.05, 3.63) is 75.2 Å². The fourth-order valence-corrected chi connectivity index (χ4v) is 4.44. The highest BCUT2D eigenvalue weighted by Gasteiger charge is 2.40. The molecule has 0 aliphatic heterocycles. The minimum atomic E-state index is -4.63. The topological polar surface area (TPSA) is 59.3 Å². The summed E-state index contributed by atoms with van der Waals surface area (Å²) < 4.78 is 42.9. The summed E-state index contributed by atoms with van der Waals surface area (Å²) in [5.74, 6) is -0.541. The molecule has 1 aliphatic carbocycles. The summed E-state index contributed by atoms with van der Waals surface area (Å²) >= 11 is 1.48. The Balaban J connectivity index is 1.62. The van der Waals surface area contributed by atoms with Crippen molar-refractivity contribution in [3.8, 4) is 11.3 Å². The Kier molecular flexibility index (Phi) is 4.35. The molecule has 0 saturated heterocycles. The largest absolute Gasteiger partial charge is 0.433 e. The number of aromatic nitrogens is 3. The summed E-state index contributed by atoms with van der Waals surface area (Å²) in [5, 5.41) is 8.54. The Labute approximate surface area is 173 Å². The van der Waals surface area contributed by atoms with Gasteiger partial charge in [0.25, 0.3) is 5.91 Å². The zero-order valence-corrected chi connectivity index (χ0v) is 16.3. The fourth-order valence-electron chi connectivity index (χ4n) is 3.80. The van der Waals surface area contributed by atoms with Crippen molar-refractivity contribution >= 4 is 22.9 Å². The minimum Gasteiger partial charge on any atom is -0.346 e. The van der Waals surface area contributed by atoms with E-state index in [0.29, 0.717) is 17.7 Å². The van der Waals surface area contributed by atoms with Gasteiger partial charge in [-0.2, -0.15) is 18.3 Å². The Morgan fingerprint density at radius 1 is 1.17 bits per heavy atom. The van der Waals surface area contributed by atoms with Crippen LogP contribution in [0.1, 0.15) is 32.2 Å². The van der Waals surface area contributed by atoms with Crippen LogP contribution in [0.5, 0.6) is 0 Å². The van der Waals surface area contributed by atoms with E-state index in [2.05, 4.69) is 15.4 Å². The number of halogens is 3. The molecule has 0 bridgehead atoms. The van der Waals surface area contributed by atoms with Gasteiger partial charge in [0.15, 0.2) is 17.0 Å². The van der Waals surface area contributed by atoms with E-state index in [0.717, 1.165) is 15.0 Å². The van der Waals surface area contributed by atoms with Crippen molar-refractivity contribution in [1.29, 1.82) is 0 Å². The van der Waals surface area contributed by atoms with E-state index >= 15 is 0 Å². The first-order chi connectivity index (χ1) is 14.4. The Morgan fingerprint density at radius 2 is 2.00 bits per heavy atom. The van der Waals surface area contributed by atoms with Gasteiger partial charge in [-0.1, -0.05) is 30.3 Å². The molecule has 0 radical (unpaired) electrons. The van der Waals surface area contributed by atoms with Crippen LogP contribution in [0.25, 0.3) is 16.9 Å². The quantitative estimate of drug-likeness (QED) is 0.523. The molecule has 3 heterocycles. The molecule has 5 rings (SSSR count). The maximum absolute atomic E-state index is 14.0. The lowest BCUT2D eigenvalue weighted by atomic mass is 9.88. The Bertz CT molecular complexity index is 1260. The van der Waals surface area contributed by atoms with Gasteiger partial charge in [0.05, 0.1) is 12.2 Å². The van der Waals surface area contributed by atoms with Gasteiger partial charge in [0.2, 0.25) is 0 Å². The fraction of sp³-hybridized carbons (Fsp3) is 0.190. The highest BCUT2D eigenvalue weighted by atomic mass is 32.1. The van der Waals surface area contributed by atoms with Crippen LogP contribution in [0.2, 0.25) is 0 Å². The van der Waals surface area contributed by atoms with Gasteiger partial charge in [0, 0.05) is 22.1 Å². The van der Waals surface area contributed by atoms with Crippen LogP contribution in [0.4, 0.5) is 13.2 Å². The first kappa shape index (κ1) is 18.8. The van der Waals surface area contributed by atoms with E-state index in [4.69, 9.17) is 0 Å². The zero-order chi connectivity index (χ0) is 20.9. The summed E-state index contributed by atoms with van der Waals surface area (Å²) in [4.78, 5) is 17.9. The van der Waals surface area contributed by atoms with Gasteiger partial charge in [0.1, 0.15) is 0 Å². The Hall–Kier alpha value is -3.20. The normalized spacial score (nSPS) is 13.2. The number of amides is 1. The molecule has 9 heteroatoms. The molecule has 5 nitrogen and oxygen atoms in total. The maximum atomic E-state index is 14.0. The summed E-state index contributed by atoms with van der Waals surface area (Å²) in [6, 6.07) is 12.4. The summed E-state index contributed by atoms with van der Waals surface area (Å²) in [6.45, 7) is 0.286. The number of fused-ring (bicyclic) bond motifs is 4. The van der Waals surface area contributed by atoms with Gasteiger partial charge < -0.3 is 5.32 Å². The lowest BCUT2D eigenvalue weighted by molar-refractivity contribution is -0.143. The number of carbonyl (C=O) groups excluding carboxylic acids is 1. The standard InChI is InChI=1S/C21H15F3N4OS/c22-21(23,24)19-15-8-7-12-4-1-2-6-14(12)18(15)26-17-10-16(27-28(17)19)20(29)25-11-13-5-3-9-30-13/h1-6,9-10H,7-8,11H2,(H,25,29). The molecule has 3 aromatic heterocycles. The average molecular weight is 428 g/mol. The number of benzene rings is 1. The molecule has 152 valence electrons. The first-order valence-electron chi connectivity index (χ1n) is 9.30. The van der Waals surface area contributed by atoms with E-state index < -0.39 is 17.8 Å². The van der Waals surface area contributed by atoms with Gasteiger partial charge in [-0.15, -0.1) is 11.3 Å². The maximum Gasteiger partial charge on any atom is 0.433 e. The number of hydrogen-bond donors (Lipinski definition) is 1. The summed E-state index contributed by atoms with van der Waals surface area (Å²) in [7, 11) is 0. The zero-order valence-electron chi connectivity index (χ0n) is 15.5. The van der Waals surface area contributed by atoms with Crippen LogP contribution in [0, 0.1) is 0 Å². The molecule has 4 aromatic rings. The number of aryl methyl sites for hydroxylation is 1. The van der Waals surface area contributed by atoms with Crippen LogP contribution in [0.15, 0.2) is 47.8 Å². The van der Waals surface area contributed by atoms with E-state index in [-0.39, 0.29) is 29.9 Å². The number of alkyl halides is 3. The van der Waals surface area contributed by atoms with Crippen LogP contribution < -0.4 is 5.32 Å². The van der Waals surface area contributed by atoms with Crippen molar-refractivity contribution in [2.24, 2.45) is 0 Å². The molecule has 1 aromatic carbocycles. The van der Waals surface area contributed by atoms with Crippen LogP contribution >= 0.6 is 11.3 Å². The molecule has 0 atom stereocenters. The third-order valence-electron chi connectivity index (χ3n) is 5.12. The predicted molar refractivity (Wildman–Crippen MR) is 106 cm³/mol. The number of rotatable bonds is 3. The number of thiophene rings is 1. The number of hydrogen-bond acceptors (Lipinski definition) is 4. The number of nitrogens with one attached hydrogen (secondary N) is 1. The van der Waals surface area contributed by atoms with Crippen LogP contribution in [-0.4, -0.2) is 20.5 Å². The molecule has 0 spiro atoms. The summed E-state index contributed by atoms with van der Waals surface area (Å²) in [5.41, 5.74) is 1.11. The molecule has 1 N–H and O–H groups in total. The molecule has 0 unspecified atom stereocenters. The third kappa shape index (κ3) is 3.15. The predicted octanol–water partition coefficient (Wildman–Crippen LogP) is 4.51. The molecule has 1 aliphatic rings. The van der Waals surface area contributed by atoms with Crippen molar-refractivity contribution < 1.29 is 18.0 Å². The SMILES string of the molecule is O=C(NCc1cccs1)c1cc2nc3c(c(C(F)(F)F)n2n1)CCc1ccccc1-3. The van der Waals surface area contributed by atoms with E-state index in [1.54, 1.807) is 12.1 Å². The lowest BCUT2D eigenvalue weighted by Crippen LogP contribution is -2.23. The van der Waals surface area contributed by atoms with Crippen molar-refractivity contribution in [1.82, 2.24) is 19.9 Å². The number of carbonyl (C=O) groups is 1. The lowest BCUT2D eigenvalue weighted by Gasteiger charge is -2.23. The second kappa shape index (κ2) is 6.94. The van der Waals surface area contributed by atoms with Crippen molar-refractivity contribution in [2.75, 3.05) is 0 Å². The van der Waals surface area contributed by atoms with Crippen molar-refractivity contribution in [3.63, 3.8) is 0 Å². The summed E-state index contributed by atoms with van der Waals surface area (Å²) in [6.07, 6.45) is -3.92. The molecule has 1 amide bonds. The molecule has 0 fully saturated rings. The van der Waals surface area contributed by atoms with E-state index in [9.17, 15) is 18.0 Å². The molecule has 30 heavy (non-hydrogen) atoms. The second-order valence-electron chi connectivity index (χ2n) is 7.00. The number of nitrogens with zero attached hydrogens (tertiary/aromatic N) is 3. The van der Waals surface area contributed by atoms with E-state index in [1.165, 1.54) is 17.4 Å². The van der Waals surface area contributed by atoms with Gasteiger partial charge >= 0.3 is 6.18 Å². The first-order valence-corrected chi connectivity index (χ1v) is 10.2. The molecule has 0 saturated carbocycles. The van der Waals surface area contributed by atoms with Crippen molar-refractivity contribution in [2.45, 2.75) is 25.6 Å². The Morgan fingerprint density at radius 3 is 2.77 bits per heavy atom. The van der Waals surface area contributed by atoms with Gasteiger partial charge in [-0.3, -0.25) is 4.79 Å². The smallest absolute Gasteiger partial charge is 0.346 e. The van der Waals surface area contributed by atoms with Gasteiger partial charge in [-0.25, -0.2) is 9.50 Å². The van der Waals surface area contributed by atoms with Gasteiger partial charge in [-0.05, 0) is 29.9 Å². The monoisotopic (exact) mass is 428 g/mol. The molecular formula is C21H15F3N4OS.